The highest BCUT2D eigenvalue weighted by Crippen LogP contribution is 2.37. The number of benzene rings is 1. The van der Waals surface area contributed by atoms with Gasteiger partial charge in [0.15, 0.2) is 14.6 Å². The van der Waals surface area contributed by atoms with Gasteiger partial charge < -0.3 is 23.7 Å². The largest absolute Gasteiger partial charge is 0.497 e. The predicted molar refractivity (Wildman–Crippen MR) is 123 cm³/mol. The lowest BCUT2D eigenvalue weighted by molar-refractivity contribution is -0.256. The molecule has 6 heteroatoms. The minimum absolute atomic E-state index is 0.0255. The van der Waals surface area contributed by atoms with Crippen molar-refractivity contribution in [3.05, 3.63) is 29.8 Å². The van der Waals surface area contributed by atoms with Crippen LogP contribution in [0.15, 0.2) is 24.3 Å². The second kappa shape index (κ2) is 10.6. The second-order valence-corrected chi connectivity index (χ2v) is 15.0. The Morgan fingerprint density at radius 2 is 1.83 bits per heavy atom. The van der Waals surface area contributed by atoms with E-state index in [2.05, 4.69) is 47.7 Å². The minimum atomic E-state index is -1.73. The Balaban J connectivity index is 1.88. The van der Waals surface area contributed by atoms with Crippen LogP contribution in [0.5, 0.6) is 5.75 Å². The first kappa shape index (κ1) is 25.3. The first-order chi connectivity index (χ1) is 14.0. The Morgan fingerprint density at radius 3 is 2.40 bits per heavy atom. The summed E-state index contributed by atoms with van der Waals surface area (Å²) in [6.07, 6.45) is 0.694. The van der Waals surface area contributed by atoms with Gasteiger partial charge in [-0.1, -0.05) is 46.8 Å². The quantitative estimate of drug-likeness (QED) is 0.405. The normalized spacial score (nSPS) is 25.0. The third kappa shape index (κ3) is 6.54. The van der Waals surface area contributed by atoms with Gasteiger partial charge in [0.25, 0.3) is 0 Å². The summed E-state index contributed by atoms with van der Waals surface area (Å²) >= 11 is 0. The lowest BCUT2D eigenvalue weighted by Gasteiger charge is -2.40. The molecule has 0 radical (unpaired) electrons. The van der Waals surface area contributed by atoms with Gasteiger partial charge in [-0.25, -0.2) is 0 Å². The van der Waals surface area contributed by atoms with Crippen LogP contribution in [0.25, 0.3) is 0 Å². The van der Waals surface area contributed by atoms with Gasteiger partial charge in [0.1, 0.15) is 5.75 Å². The standard InChI is InChI=1S/C24H42O5Si/c1-17-16-27-23(19-11-13-20(26-6)14-12-19)29-22(17)18(2)21(25)10-9-15-28-30(7,8)24(3,4)5/h11-14,17-18,21-23,25H,9-10,15-16H2,1-8H3/t17-,18-,21+,22-,23?/m0/s1. The Morgan fingerprint density at radius 1 is 1.20 bits per heavy atom. The van der Waals surface area contributed by atoms with E-state index < -0.39 is 20.7 Å². The van der Waals surface area contributed by atoms with Gasteiger partial charge in [0.05, 0.1) is 25.9 Å². The smallest absolute Gasteiger partial charge is 0.191 e. The molecule has 0 aliphatic carbocycles. The van der Waals surface area contributed by atoms with Crippen LogP contribution in [0, 0.1) is 11.8 Å². The fraction of sp³-hybridized carbons (Fsp3) is 0.750. The molecule has 1 N–H and O–H groups in total. The lowest BCUT2D eigenvalue weighted by Crippen LogP contribution is -2.43. The summed E-state index contributed by atoms with van der Waals surface area (Å²) in [5.74, 6) is 1.06. The van der Waals surface area contributed by atoms with Crippen molar-refractivity contribution < 1.29 is 23.7 Å². The highest BCUT2D eigenvalue weighted by atomic mass is 28.4. The molecule has 0 amide bonds. The van der Waals surface area contributed by atoms with E-state index >= 15 is 0 Å². The zero-order valence-electron chi connectivity index (χ0n) is 20.1. The third-order valence-corrected chi connectivity index (χ3v) is 11.3. The molecule has 1 fully saturated rings. The molecular formula is C24H42O5Si. The maximum Gasteiger partial charge on any atom is 0.191 e. The van der Waals surface area contributed by atoms with E-state index in [9.17, 15) is 5.11 Å². The number of aliphatic hydroxyl groups excluding tert-OH is 1. The third-order valence-electron chi connectivity index (χ3n) is 6.78. The van der Waals surface area contributed by atoms with E-state index in [0.717, 1.165) is 24.2 Å². The van der Waals surface area contributed by atoms with Gasteiger partial charge in [-0.05, 0) is 43.1 Å². The number of hydrogen-bond donors (Lipinski definition) is 1. The Kier molecular flexibility index (Phi) is 8.95. The van der Waals surface area contributed by atoms with Crippen molar-refractivity contribution in [3.63, 3.8) is 0 Å². The number of rotatable bonds is 9. The van der Waals surface area contributed by atoms with Crippen LogP contribution in [0.3, 0.4) is 0 Å². The van der Waals surface area contributed by atoms with E-state index in [1.165, 1.54) is 0 Å². The van der Waals surface area contributed by atoms with Crippen LogP contribution in [-0.4, -0.2) is 46.0 Å². The van der Waals surface area contributed by atoms with Gasteiger partial charge >= 0.3 is 0 Å². The van der Waals surface area contributed by atoms with Gasteiger partial charge in [-0.2, -0.15) is 0 Å². The maximum absolute atomic E-state index is 10.8. The Bertz CT molecular complexity index is 640. The average molecular weight is 439 g/mol. The minimum Gasteiger partial charge on any atom is -0.497 e. The SMILES string of the molecule is COc1ccc(C2OC[C@H](C)[C@@H]([C@@H](C)[C@H](O)CCCO[Si](C)(C)C(C)(C)C)O2)cc1. The zero-order chi connectivity index (χ0) is 22.5. The van der Waals surface area contributed by atoms with Crippen LogP contribution in [0.4, 0.5) is 0 Å². The number of hydrogen-bond acceptors (Lipinski definition) is 5. The molecule has 0 bridgehead atoms. The van der Waals surface area contributed by atoms with Gasteiger partial charge in [-0.15, -0.1) is 0 Å². The summed E-state index contributed by atoms with van der Waals surface area (Å²) in [5, 5.41) is 11.0. The van der Waals surface area contributed by atoms with Crippen molar-refractivity contribution in [1.82, 2.24) is 0 Å². The van der Waals surface area contributed by atoms with Crippen molar-refractivity contribution in [1.29, 1.82) is 0 Å². The molecule has 1 saturated heterocycles. The molecule has 0 aromatic heterocycles. The molecule has 1 heterocycles. The summed E-state index contributed by atoms with van der Waals surface area (Å²) in [4.78, 5) is 0. The molecule has 1 unspecified atom stereocenters. The monoisotopic (exact) mass is 438 g/mol. The molecule has 1 aromatic rings. The van der Waals surface area contributed by atoms with Gasteiger partial charge in [0.2, 0.25) is 0 Å². The van der Waals surface area contributed by atoms with Crippen molar-refractivity contribution in [2.24, 2.45) is 11.8 Å². The van der Waals surface area contributed by atoms with E-state index in [0.29, 0.717) is 13.2 Å². The molecular weight excluding hydrogens is 396 g/mol. The molecule has 0 spiro atoms. The topological polar surface area (TPSA) is 57.2 Å². The molecule has 5 nitrogen and oxygen atoms in total. The lowest BCUT2D eigenvalue weighted by atomic mass is 9.87. The second-order valence-electron chi connectivity index (χ2n) is 10.2. The molecule has 1 aromatic carbocycles. The molecule has 0 saturated carbocycles. The van der Waals surface area contributed by atoms with Crippen molar-refractivity contribution in [2.75, 3.05) is 20.3 Å². The maximum atomic E-state index is 10.8. The van der Waals surface area contributed by atoms with E-state index in [1.807, 2.05) is 24.3 Å². The summed E-state index contributed by atoms with van der Waals surface area (Å²) in [5.41, 5.74) is 0.970. The van der Waals surface area contributed by atoms with Crippen LogP contribution < -0.4 is 4.74 Å². The summed E-state index contributed by atoms with van der Waals surface area (Å²) in [6, 6.07) is 7.76. The molecule has 2 rings (SSSR count). The average Bonchev–Trinajstić information content (AvgIpc) is 2.70. The predicted octanol–water partition coefficient (Wildman–Crippen LogP) is 5.54. The molecule has 5 atom stereocenters. The number of aliphatic hydroxyl groups is 1. The first-order valence-electron chi connectivity index (χ1n) is 11.2. The van der Waals surface area contributed by atoms with Crippen LogP contribution in [-0.2, 0) is 13.9 Å². The van der Waals surface area contributed by atoms with Gasteiger partial charge in [-0.3, -0.25) is 0 Å². The zero-order valence-corrected chi connectivity index (χ0v) is 21.1. The van der Waals surface area contributed by atoms with Crippen LogP contribution >= 0.6 is 0 Å². The van der Waals surface area contributed by atoms with Gasteiger partial charge in [0, 0.05) is 24.0 Å². The van der Waals surface area contributed by atoms with Crippen molar-refractivity contribution >= 4 is 8.32 Å². The highest BCUT2D eigenvalue weighted by Gasteiger charge is 2.38. The van der Waals surface area contributed by atoms with Crippen molar-refractivity contribution in [2.45, 2.75) is 84.1 Å². The fourth-order valence-corrected chi connectivity index (χ4v) is 4.63. The van der Waals surface area contributed by atoms with Crippen LogP contribution in [0.1, 0.15) is 59.3 Å². The number of methoxy groups -OCH3 is 1. The highest BCUT2D eigenvalue weighted by molar-refractivity contribution is 6.74. The Hall–Kier alpha value is -0.923. The van der Waals surface area contributed by atoms with E-state index in [4.69, 9.17) is 18.6 Å². The van der Waals surface area contributed by atoms with Crippen LogP contribution in [0.2, 0.25) is 18.1 Å². The fourth-order valence-electron chi connectivity index (χ4n) is 3.55. The van der Waals surface area contributed by atoms with Crippen molar-refractivity contribution in [3.8, 4) is 5.75 Å². The number of ether oxygens (including phenoxy) is 3. The molecule has 30 heavy (non-hydrogen) atoms. The molecule has 1 aliphatic rings. The Labute approximate surface area is 184 Å². The molecule has 1 aliphatic heterocycles. The molecule has 172 valence electrons. The summed E-state index contributed by atoms with van der Waals surface area (Å²) in [6.45, 7) is 16.8. The first-order valence-corrected chi connectivity index (χ1v) is 14.1. The van der Waals surface area contributed by atoms with E-state index in [-0.39, 0.29) is 23.0 Å². The van der Waals surface area contributed by atoms with E-state index in [1.54, 1.807) is 7.11 Å². The summed E-state index contributed by atoms with van der Waals surface area (Å²) < 4.78 is 23.7. The summed E-state index contributed by atoms with van der Waals surface area (Å²) in [7, 11) is -0.0792.